The number of nitro groups is 1. The van der Waals surface area contributed by atoms with E-state index in [1.807, 2.05) is 0 Å². The van der Waals surface area contributed by atoms with Gasteiger partial charge in [0.1, 0.15) is 0 Å². The summed E-state index contributed by atoms with van der Waals surface area (Å²) in [6.07, 6.45) is 0. The van der Waals surface area contributed by atoms with Gasteiger partial charge >= 0.3 is 0 Å². The lowest BCUT2D eigenvalue weighted by Gasteiger charge is -1.94. The topological polar surface area (TPSA) is 72.2 Å². The number of amides is 1. The molecule has 5 nitrogen and oxygen atoms in total. The molecule has 0 saturated heterocycles. The molecule has 0 aliphatic carbocycles. The molecule has 1 aromatic carbocycles. The van der Waals surface area contributed by atoms with Crippen molar-refractivity contribution in [1.82, 2.24) is 5.32 Å². The lowest BCUT2D eigenvalue weighted by molar-refractivity contribution is -0.384. The van der Waals surface area contributed by atoms with Crippen LogP contribution >= 0.6 is 0 Å². The Labute approximate surface area is 96.8 Å². The second-order valence-electron chi connectivity index (χ2n) is 3.02. The van der Waals surface area contributed by atoms with Gasteiger partial charge in [0.2, 0.25) is 0 Å². The van der Waals surface area contributed by atoms with Gasteiger partial charge in [0.25, 0.3) is 11.6 Å². The zero-order valence-electron chi connectivity index (χ0n) is 8.77. The van der Waals surface area contributed by atoms with Crippen LogP contribution in [0.3, 0.4) is 0 Å². The number of halogens is 1. The molecule has 0 unspecified atom stereocenters. The molecule has 0 aromatic heterocycles. The van der Waals surface area contributed by atoms with Crippen molar-refractivity contribution >= 4 is 11.6 Å². The highest BCUT2D eigenvalue weighted by molar-refractivity contribution is 5.77. The van der Waals surface area contributed by atoms with E-state index in [0.717, 1.165) is 0 Å². The number of non-ortho nitro benzene ring substituents is 1. The fraction of sp³-hybridized carbons (Fsp3) is 0.182. The minimum absolute atomic E-state index is 0.00540. The van der Waals surface area contributed by atoms with Crippen molar-refractivity contribution in [3.63, 3.8) is 0 Å². The number of alkyl halides is 1. The third-order valence-electron chi connectivity index (χ3n) is 1.79. The number of carbonyl (C=O) groups excluding carboxylic acids is 1. The van der Waals surface area contributed by atoms with Crippen LogP contribution in [0.2, 0.25) is 0 Å². The van der Waals surface area contributed by atoms with Crippen molar-refractivity contribution in [2.24, 2.45) is 0 Å². The molecule has 1 N–H and O–H groups in total. The molecule has 0 bridgehead atoms. The number of nitro benzene ring substituents is 1. The Hall–Kier alpha value is -2.42. The Morgan fingerprint density at radius 2 is 2.29 bits per heavy atom. The van der Waals surface area contributed by atoms with Crippen LogP contribution in [0.4, 0.5) is 10.1 Å². The summed E-state index contributed by atoms with van der Waals surface area (Å²) in [5.74, 6) is 4.45. The molecule has 1 aromatic rings. The molecule has 0 atom stereocenters. The number of hydrogen-bond donors (Lipinski definition) is 1. The van der Waals surface area contributed by atoms with Gasteiger partial charge in [-0.3, -0.25) is 14.9 Å². The summed E-state index contributed by atoms with van der Waals surface area (Å²) in [5.41, 5.74) is 0.415. The zero-order chi connectivity index (χ0) is 12.7. The van der Waals surface area contributed by atoms with Crippen LogP contribution in [0.1, 0.15) is 5.56 Å². The van der Waals surface area contributed by atoms with Crippen LogP contribution in [0.5, 0.6) is 0 Å². The number of rotatable bonds is 3. The number of nitrogens with zero attached hydrogens (tertiary/aromatic N) is 1. The highest BCUT2D eigenvalue weighted by Crippen LogP contribution is 2.11. The molecule has 0 heterocycles. The fourth-order valence-corrected chi connectivity index (χ4v) is 1.03. The Bertz CT molecular complexity index is 491. The molecule has 0 radical (unpaired) electrons. The quantitative estimate of drug-likeness (QED) is 0.484. The Balaban J connectivity index is 2.63. The molecule has 0 aliphatic rings. The van der Waals surface area contributed by atoms with E-state index >= 15 is 0 Å². The van der Waals surface area contributed by atoms with Gasteiger partial charge in [-0.2, -0.15) is 0 Å². The molecule has 0 saturated carbocycles. The second-order valence-corrected chi connectivity index (χ2v) is 3.02. The molecule has 1 rings (SSSR count). The maximum atomic E-state index is 11.7. The van der Waals surface area contributed by atoms with Crippen molar-refractivity contribution in [3.8, 4) is 11.8 Å². The highest BCUT2D eigenvalue weighted by atomic mass is 19.1. The van der Waals surface area contributed by atoms with Gasteiger partial charge in [-0.25, -0.2) is 4.39 Å². The Morgan fingerprint density at radius 1 is 1.53 bits per heavy atom. The first-order valence-corrected chi connectivity index (χ1v) is 4.69. The van der Waals surface area contributed by atoms with E-state index in [2.05, 4.69) is 17.2 Å². The third-order valence-corrected chi connectivity index (χ3v) is 1.79. The van der Waals surface area contributed by atoms with E-state index in [-0.39, 0.29) is 12.2 Å². The van der Waals surface area contributed by atoms with Gasteiger partial charge in [0, 0.05) is 17.7 Å². The van der Waals surface area contributed by atoms with Gasteiger partial charge in [0.05, 0.1) is 11.5 Å². The monoisotopic (exact) mass is 236 g/mol. The predicted molar refractivity (Wildman–Crippen MR) is 59.0 cm³/mol. The standard InChI is InChI=1S/C11H9FN2O3/c12-8-11(15)13-6-2-4-9-3-1-5-10(7-9)14(16)17/h1,3,5,7H,6,8H2,(H,13,15). The maximum absolute atomic E-state index is 11.7. The average molecular weight is 236 g/mol. The smallest absolute Gasteiger partial charge is 0.270 e. The van der Waals surface area contributed by atoms with Crippen molar-refractivity contribution in [1.29, 1.82) is 0 Å². The van der Waals surface area contributed by atoms with E-state index < -0.39 is 17.5 Å². The molecule has 0 aliphatic heterocycles. The molecule has 17 heavy (non-hydrogen) atoms. The highest BCUT2D eigenvalue weighted by Gasteiger charge is 2.03. The van der Waals surface area contributed by atoms with E-state index in [0.29, 0.717) is 5.56 Å². The number of carbonyl (C=O) groups is 1. The largest absolute Gasteiger partial charge is 0.343 e. The number of hydrogen-bond acceptors (Lipinski definition) is 3. The van der Waals surface area contributed by atoms with Crippen molar-refractivity contribution in [3.05, 3.63) is 39.9 Å². The van der Waals surface area contributed by atoms with Crippen LogP contribution in [0.15, 0.2) is 24.3 Å². The van der Waals surface area contributed by atoms with Gasteiger partial charge in [-0.05, 0) is 6.07 Å². The summed E-state index contributed by atoms with van der Waals surface area (Å²) in [6, 6.07) is 5.80. The van der Waals surface area contributed by atoms with Crippen molar-refractivity contribution < 1.29 is 14.1 Å². The Kier molecular flexibility index (Phi) is 4.63. The predicted octanol–water partition coefficient (Wildman–Crippen LogP) is 1.03. The summed E-state index contributed by atoms with van der Waals surface area (Å²) in [6.45, 7) is -1.08. The number of benzene rings is 1. The summed E-state index contributed by atoms with van der Waals surface area (Å²) in [7, 11) is 0. The molecule has 88 valence electrons. The molecule has 0 spiro atoms. The first-order valence-electron chi connectivity index (χ1n) is 4.69. The summed E-state index contributed by atoms with van der Waals surface area (Å²) in [4.78, 5) is 20.5. The summed E-state index contributed by atoms with van der Waals surface area (Å²) < 4.78 is 11.7. The van der Waals surface area contributed by atoms with Crippen molar-refractivity contribution in [2.75, 3.05) is 13.2 Å². The van der Waals surface area contributed by atoms with E-state index in [4.69, 9.17) is 0 Å². The van der Waals surface area contributed by atoms with Gasteiger partial charge in [-0.15, -0.1) is 0 Å². The molecule has 1 amide bonds. The first-order chi connectivity index (χ1) is 8.13. The van der Waals surface area contributed by atoms with Crippen molar-refractivity contribution in [2.45, 2.75) is 0 Å². The minimum Gasteiger partial charge on any atom is -0.343 e. The van der Waals surface area contributed by atoms with Gasteiger partial charge < -0.3 is 5.32 Å². The van der Waals surface area contributed by atoms with Gasteiger partial charge in [0.15, 0.2) is 6.67 Å². The van der Waals surface area contributed by atoms with Crippen LogP contribution in [-0.2, 0) is 4.79 Å². The van der Waals surface area contributed by atoms with Crippen LogP contribution in [0.25, 0.3) is 0 Å². The minimum atomic E-state index is -1.08. The summed E-state index contributed by atoms with van der Waals surface area (Å²) in [5, 5.41) is 12.7. The zero-order valence-corrected chi connectivity index (χ0v) is 8.77. The van der Waals surface area contributed by atoms with E-state index in [1.54, 1.807) is 6.07 Å². The van der Waals surface area contributed by atoms with E-state index in [1.165, 1.54) is 18.2 Å². The molecule has 6 heteroatoms. The molecule has 0 fully saturated rings. The third kappa shape index (κ3) is 4.30. The van der Waals surface area contributed by atoms with E-state index in [9.17, 15) is 19.3 Å². The van der Waals surface area contributed by atoms with Gasteiger partial charge in [-0.1, -0.05) is 17.9 Å². The van der Waals surface area contributed by atoms with Crippen LogP contribution < -0.4 is 5.32 Å². The molecular formula is C11H9FN2O3. The Morgan fingerprint density at radius 3 is 2.94 bits per heavy atom. The molecular weight excluding hydrogens is 227 g/mol. The first kappa shape index (κ1) is 12.6. The maximum Gasteiger partial charge on any atom is 0.270 e. The number of nitrogens with one attached hydrogen (secondary N) is 1. The fourth-order valence-electron chi connectivity index (χ4n) is 1.03. The lowest BCUT2D eigenvalue weighted by atomic mass is 10.2. The normalized spacial score (nSPS) is 9.00. The van der Waals surface area contributed by atoms with Crippen LogP contribution in [0, 0.1) is 22.0 Å². The second kappa shape index (κ2) is 6.23. The lowest BCUT2D eigenvalue weighted by Crippen LogP contribution is -2.24. The SMILES string of the molecule is O=C(CF)NCC#Cc1cccc([N+](=O)[O-])c1. The average Bonchev–Trinajstić information content (AvgIpc) is 2.34. The van der Waals surface area contributed by atoms with Crippen LogP contribution in [-0.4, -0.2) is 24.0 Å². The summed E-state index contributed by atoms with van der Waals surface area (Å²) >= 11 is 0.